The van der Waals surface area contributed by atoms with Gasteiger partial charge in [-0.15, -0.1) is 35.4 Å². The Kier molecular flexibility index (Phi) is 5.44. The van der Waals surface area contributed by atoms with Crippen molar-refractivity contribution in [2.75, 3.05) is 0 Å². The molecule has 6 rings (SSSR count). The van der Waals surface area contributed by atoms with Crippen molar-refractivity contribution < 1.29 is 20.1 Å². The molecule has 2 aromatic heterocycles. The summed E-state index contributed by atoms with van der Waals surface area (Å²) >= 11 is 0. The number of hydrogen-bond donors (Lipinski definition) is 0. The zero-order chi connectivity index (χ0) is 20.6. The number of nitrogens with zero attached hydrogens (tertiary/aromatic N) is 2. The van der Waals surface area contributed by atoms with E-state index >= 15 is 0 Å². The van der Waals surface area contributed by atoms with Crippen molar-refractivity contribution in [1.29, 1.82) is 0 Å². The van der Waals surface area contributed by atoms with Crippen molar-refractivity contribution in [3.8, 4) is 28.1 Å². The van der Waals surface area contributed by atoms with E-state index in [1.54, 1.807) is 0 Å². The Morgan fingerprint density at radius 3 is 1.94 bits per heavy atom. The second-order valence-electron chi connectivity index (χ2n) is 7.62. The molecule has 3 heteroatoms. The molecule has 6 aromatic rings. The van der Waals surface area contributed by atoms with E-state index in [0.29, 0.717) is 0 Å². The Labute approximate surface area is 200 Å². The zero-order valence-corrected chi connectivity index (χ0v) is 19.6. The van der Waals surface area contributed by atoms with Gasteiger partial charge in [0.1, 0.15) is 0 Å². The molecule has 0 aliphatic carbocycles. The van der Waals surface area contributed by atoms with Gasteiger partial charge in [0, 0.05) is 42.8 Å². The minimum absolute atomic E-state index is 0. The predicted octanol–water partition coefficient (Wildman–Crippen LogP) is 7.31. The molecule has 0 aliphatic rings. The van der Waals surface area contributed by atoms with E-state index in [1.165, 1.54) is 27.4 Å². The molecule has 4 aromatic carbocycles. The molecule has 0 saturated carbocycles. The second kappa shape index (κ2) is 8.55. The Morgan fingerprint density at radius 1 is 0.625 bits per heavy atom. The average Bonchev–Trinajstić information content (AvgIpc) is 3.19. The molecule has 0 unspecified atom stereocenters. The Balaban J connectivity index is 0.00000216. The van der Waals surface area contributed by atoms with Crippen LogP contribution in [-0.2, 0) is 20.1 Å². The number of para-hydroxylation sites is 2. The number of benzene rings is 4. The fourth-order valence-corrected chi connectivity index (χ4v) is 4.32. The summed E-state index contributed by atoms with van der Waals surface area (Å²) in [5, 5.41) is 2.56. The number of rotatable bonds is 3. The van der Waals surface area contributed by atoms with Gasteiger partial charge in [0.15, 0.2) is 0 Å². The maximum absolute atomic E-state index is 4.45. The minimum atomic E-state index is 0. The third-order valence-electron chi connectivity index (χ3n) is 5.78. The molecule has 155 valence electrons. The normalized spacial score (nSPS) is 10.9. The summed E-state index contributed by atoms with van der Waals surface area (Å²) in [5.41, 5.74) is 7.89. The van der Waals surface area contributed by atoms with E-state index in [1.807, 2.05) is 30.5 Å². The van der Waals surface area contributed by atoms with Crippen molar-refractivity contribution in [1.82, 2.24) is 9.55 Å². The van der Waals surface area contributed by atoms with Gasteiger partial charge in [-0.1, -0.05) is 60.7 Å². The fraction of sp³-hybridized carbons (Fsp3) is 0. The monoisotopic (exact) mass is 588 g/mol. The van der Waals surface area contributed by atoms with Crippen LogP contribution in [0.15, 0.2) is 115 Å². The molecule has 0 saturated heterocycles. The topological polar surface area (TPSA) is 17.8 Å². The van der Waals surface area contributed by atoms with Crippen LogP contribution in [0.5, 0.6) is 0 Å². The van der Waals surface area contributed by atoms with Crippen LogP contribution in [-0.4, -0.2) is 9.55 Å². The number of aromatic nitrogens is 2. The number of hydrogen-bond acceptors (Lipinski definition) is 1. The predicted molar refractivity (Wildman–Crippen MR) is 128 cm³/mol. The molecule has 0 amide bonds. The van der Waals surface area contributed by atoms with Gasteiger partial charge in [-0.25, -0.2) is 0 Å². The molecule has 32 heavy (non-hydrogen) atoms. The van der Waals surface area contributed by atoms with Gasteiger partial charge in [0.05, 0.1) is 11.0 Å². The van der Waals surface area contributed by atoms with Gasteiger partial charge < -0.3 is 9.55 Å². The third-order valence-corrected chi connectivity index (χ3v) is 5.78. The van der Waals surface area contributed by atoms with E-state index in [9.17, 15) is 0 Å². The van der Waals surface area contributed by atoms with Crippen molar-refractivity contribution in [2.24, 2.45) is 0 Å². The van der Waals surface area contributed by atoms with Crippen LogP contribution in [0, 0.1) is 6.07 Å². The Bertz CT molecular complexity index is 1460. The summed E-state index contributed by atoms with van der Waals surface area (Å²) in [4.78, 5) is 4.45. The minimum Gasteiger partial charge on any atom is -0.309 e. The first-order valence-electron chi connectivity index (χ1n) is 10.4. The zero-order valence-electron chi connectivity index (χ0n) is 17.2. The molecule has 0 N–H and O–H groups in total. The summed E-state index contributed by atoms with van der Waals surface area (Å²) in [6.45, 7) is 0. The standard InChI is InChI=1S/C29H19N2.Ir/c1-3-13-28-25(10-1)26-11-2-4-14-29(26)31(28)24-17-15-21(16-18-24)22-8-7-9-23(20-22)27-12-5-6-19-30-27;/h1-8,10-20H;/q-1;. The molecule has 0 bridgehead atoms. The number of fused-ring (bicyclic) bond motifs is 3. The van der Waals surface area contributed by atoms with Crippen LogP contribution in [0.1, 0.15) is 0 Å². The molecule has 2 nitrogen and oxygen atoms in total. The second-order valence-corrected chi connectivity index (χ2v) is 7.62. The Morgan fingerprint density at radius 2 is 1.28 bits per heavy atom. The first-order chi connectivity index (χ1) is 15.4. The summed E-state index contributed by atoms with van der Waals surface area (Å²) in [5.74, 6) is 0. The molecule has 0 fully saturated rings. The maximum atomic E-state index is 4.45. The summed E-state index contributed by atoms with van der Waals surface area (Å²) in [7, 11) is 0. The van der Waals surface area contributed by atoms with Crippen LogP contribution in [0.4, 0.5) is 0 Å². The summed E-state index contributed by atoms with van der Waals surface area (Å²) in [6, 6.07) is 41.4. The van der Waals surface area contributed by atoms with Crippen LogP contribution < -0.4 is 0 Å². The smallest absolute Gasteiger partial charge is 0.0541 e. The van der Waals surface area contributed by atoms with Crippen molar-refractivity contribution in [2.45, 2.75) is 0 Å². The quantitative estimate of drug-likeness (QED) is 0.199. The van der Waals surface area contributed by atoms with Gasteiger partial charge in [0.2, 0.25) is 0 Å². The Hall–Kier alpha value is -3.52. The van der Waals surface area contributed by atoms with Gasteiger partial charge in [-0.3, -0.25) is 0 Å². The maximum Gasteiger partial charge on any atom is 0.0541 e. The summed E-state index contributed by atoms with van der Waals surface area (Å²) in [6.07, 6.45) is 1.82. The van der Waals surface area contributed by atoms with E-state index in [-0.39, 0.29) is 20.1 Å². The molecular formula is C29H19IrN2-. The molecule has 1 radical (unpaired) electrons. The van der Waals surface area contributed by atoms with E-state index < -0.39 is 0 Å². The fourth-order valence-electron chi connectivity index (χ4n) is 4.32. The van der Waals surface area contributed by atoms with Crippen LogP contribution in [0.25, 0.3) is 49.9 Å². The van der Waals surface area contributed by atoms with Gasteiger partial charge in [-0.05, 0) is 41.6 Å². The SMILES string of the molecule is [Ir].[c-]1ccc(-c2ccc(-n3c4ccccc4c4ccccc43)cc2)cc1-c1ccccn1. The van der Waals surface area contributed by atoms with Crippen LogP contribution in [0.2, 0.25) is 0 Å². The van der Waals surface area contributed by atoms with E-state index in [2.05, 4.69) is 101 Å². The van der Waals surface area contributed by atoms with Crippen molar-refractivity contribution in [3.05, 3.63) is 121 Å². The molecule has 0 atom stereocenters. The first-order valence-corrected chi connectivity index (χ1v) is 10.4. The molecule has 0 spiro atoms. The van der Waals surface area contributed by atoms with Gasteiger partial charge in [-0.2, -0.15) is 0 Å². The third kappa shape index (κ3) is 3.46. The molecule has 2 heterocycles. The van der Waals surface area contributed by atoms with E-state index in [4.69, 9.17) is 0 Å². The molecule has 0 aliphatic heterocycles. The van der Waals surface area contributed by atoms with Gasteiger partial charge >= 0.3 is 0 Å². The van der Waals surface area contributed by atoms with Crippen molar-refractivity contribution >= 4 is 21.8 Å². The average molecular weight is 588 g/mol. The van der Waals surface area contributed by atoms with Gasteiger partial charge in [0.25, 0.3) is 0 Å². The van der Waals surface area contributed by atoms with E-state index in [0.717, 1.165) is 22.5 Å². The van der Waals surface area contributed by atoms with Crippen LogP contribution in [0.3, 0.4) is 0 Å². The van der Waals surface area contributed by atoms with Crippen LogP contribution >= 0.6 is 0 Å². The molecular weight excluding hydrogens is 569 g/mol. The summed E-state index contributed by atoms with van der Waals surface area (Å²) < 4.78 is 2.34. The first kappa shape index (κ1) is 20.4. The largest absolute Gasteiger partial charge is 0.309 e. The number of pyridine rings is 1. The van der Waals surface area contributed by atoms with Crippen molar-refractivity contribution in [3.63, 3.8) is 0 Å².